The van der Waals surface area contributed by atoms with Crippen LogP contribution >= 0.6 is 63.7 Å². The molecular formula is C24H24Br4O2. The summed E-state index contributed by atoms with van der Waals surface area (Å²) in [7, 11) is 0. The molecule has 0 amide bonds. The Morgan fingerprint density at radius 2 is 1.33 bits per heavy atom. The van der Waals surface area contributed by atoms with E-state index >= 15 is 0 Å². The van der Waals surface area contributed by atoms with Crippen molar-refractivity contribution in [3.05, 3.63) is 77.1 Å². The van der Waals surface area contributed by atoms with Crippen molar-refractivity contribution in [1.29, 1.82) is 0 Å². The van der Waals surface area contributed by atoms with E-state index in [1.165, 1.54) is 5.57 Å². The average Bonchev–Trinajstić information content (AvgIpc) is 2.69. The van der Waals surface area contributed by atoms with Gasteiger partial charge in [-0.1, -0.05) is 45.9 Å². The molecule has 2 aromatic carbocycles. The Morgan fingerprint density at radius 1 is 0.867 bits per heavy atom. The van der Waals surface area contributed by atoms with Crippen LogP contribution in [0.1, 0.15) is 45.2 Å². The standard InChI is InChI=1S/C24H24Br4O2/c1-13(2)24(16-11-19(27)22(30)20(28)12-16)7-5-14(6-8-24)23(3,4)15-9-17(25)21(29)18(26)10-15/h5-7,9-13,29-30H,8H2,1-4H3. The molecule has 0 heterocycles. The van der Waals surface area contributed by atoms with E-state index in [2.05, 4.69) is 110 Å². The van der Waals surface area contributed by atoms with Crippen molar-refractivity contribution in [3.8, 4) is 11.5 Å². The number of hydrogen-bond acceptors (Lipinski definition) is 2. The minimum absolute atomic E-state index is 0.158. The Kier molecular flexibility index (Phi) is 7.03. The van der Waals surface area contributed by atoms with Crippen molar-refractivity contribution in [2.75, 3.05) is 0 Å². The molecule has 30 heavy (non-hydrogen) atoms. The number of phenolic OH excluding ortho intramolecular Hbond substituents is 2. The molecule has 1 atom stereocenters. The fourth-order valence-corrected chi connectivity index (χ4v) is 6.39. The third-order valence-electron chi connectivity index (χ3n) is 6.26. The zero-order chi connectivity index (χ0) is 22.4. The van der Waals surface area contributed by atoms with Gasteiger partial charge < -0.3 is 10.2 Å². The molecule has 0 spiro atoms. The predicted octanol–water partition coefficient (Wildman–Crippen LogP) is 8.91. The molecule has 2 nitrogen and oxygen atoms in total. The van der Waals surface area contributed by atoms with Crippen LogP contribution in [0.15, 0.2) is 66.0 Å². The Hall–Kier alpha value is -0.560. The van der Waals surface area contributed by atoms with Crippen molar-refractivity contribution in [2.24, 2.45) is 5.92 Å². The predicted molar refractivity (Wildman–Crippen MR) is 138 cm³/mol. The molecule has 0 aliphatic heterocycles. The molecule has 0 bridgehead atoms. The molecule has 2 aromatic rings. The molecule has 2 N–H and O–H groups in total. The van der Waals surface area contributed by atoms with E-state index in [1.54, 1.807) is 0 Å². The first kappa shape index (κ1) is 24.1. The summed E-state index contributed by atoms with van der Waals surface area (Å²) in [6.07, 6.45) is 7.73. The van der Waals surface area contributed by atoms with Crippen LogP contribution in [-0.2, 0) is 10.8 Å². The first-order valence-corrected chi connectivity index (χ1v) is 12.8. The minimum atomic E-state index is -0.228. The van der Waals surface area contributed by atoms with E-state index in [4.69, 9.17) is 0 Å². The number of rotatable bonds is 4. The van der Waals surface area contributed by atoms with Gasteiger partial charge in [0.05, 0.1) is 17.9 Å². The lowest BCUT2D eigenvalue weighted by Gasteiger charge is -2.40. The van der Waals surface area contributed by atoms with Gasteiger partial charge in [-0.3, -0.25) is 0 Å². The fourth-order valence-electron chi connectivity index (χ4n) is 4.02. The topological polar surface area (TPSA) is 40.5 Å². The first-order chi connectivity index (χ1) is 13.9. The summed E-state index contributed by atoms with van der Waals surface area (Å²) in [5.41, 5.74) is 3.12. The van der Waals surface area contributed by atoms with E-state index in [-0.39, 0.29) is 22.3 Å². The highest BCUT2D eigenvalue weighted by atomic mass is 79.9. The molecule has 0 saturated carbocycles. The largest absolute Gasteiger partial charge is 0.506 e. The number of hydrogen-bond donors (Lipinski definition) is 2. The van der Waals surface area contributed by atoms with E-state index < -0.39 is 0 Å². The van der Waals surface area contributed by atoms with E-state index in [1.807, 2.05) is 24.3 Å². The summed E-state index contributed by atoms with van der Waals surface area (Å²) in [5, 5.41) is 20.2. The van der Waals surface area contributed by atoms with E-state index in [0.717, 1.165) is 17.5 Å². The Balaban J connectivity index is 2.02. The van der Waals surface area contributed by atoms with Crippen LogP contribution in [-0.4, -0.2) is 10.2 Å². The number of allylic oxidation sites excluding steroid dienone is 4. The molecule has 0 radical (unpaired) electrons. The quantitative estimate of drug-likeness (QED) is 0.343. The maximum absolute atomic E-state index is 10.1. The highest BCUT2D eigenvalue weighted by molar-refractivity contribution is 9.11. The summed E-state index contributed by atoms with van der Waals surface area (Å²) >= 11 is 13.9. The summed E-state index contributed by atoms with van der Waals surface area (Å²) in [6, 6.07) is 7.99. The van der Waals surface area contributed by atoms with Crippen molar-refractivity contribution >= 4 is 63.7 Å². The summed E-state index contributed by atoms with van der Waals surface area (Å²) < 4.78 is 2.73. The van der Waals surface area contributed by atoms with Crippen molar-refractivity contribution in [1.82, 2.24) is 0 Å². The summed E-state index contributed by atoms with van der Waals surface area (Å²) in [4.78, 5) is 0. The van der Waals surface area contributed by atoms with E-state index in [9.17, 15) is 10.2 Å². The van der Waals surface area contributed by atoms with Gasteiger partial charge in [0.25, 0.3) is 0 Å². The smallest absolute Gasteiger partial charge is 0.143 e. The van der Waals surface area contributed by atoms with Gasteiger partial charge in [0.1, 0.15) is 11.5 Å². The molecule has 1 unspecified atom stereocenters. The van der Waals surface area contributed by atoms with Crippen LogP contribution in [0.25, 0.3) is 0 Å². The van der Waals surface area contributed by atoms with Gasteiger partial charge in [-0.2, -0.15) is 0 Å². The maximum atomic E-state index is 10.1. The van der Waals surface area contributed by atoms with Gasteiger partial charge in [0, 0.05) is 10.8 Å². The van der Waals surface area contributed by atoms with Crippen LogP contribution < -0.4 is 0 Å². The third kappa shape index (κ3) is 4.22. The number of phenols is 2. The average molecular weight is 664 g/mol. The second-order valence-corrected chi connectivity index (χ2v) is 12.0. The highest BCUT2D eigenvalue weighted by Gasteiger charge is 2.37. The van der Waals surface area contributed by atoms with Crippen LogP contribution in [0, 0.1) is 5.92 Å². The fraction of sp³-hybridized carbons (Fsp3) is 0.333. The Bertz CT molecular complexity index is 1010. The van der Waals surface area contributed by atoms with Crippen LogP contribution in [0.2, 0.25) is 0 Å². The zero-order valence-corrected chi connectivity index (χ0v) is 23.6. The van der Waals surface area contributed by atoms with Gasteiger partial charge in [-0.25, -0.2) is 0 Å². The van der Waals surface area contributed by atoms with Gasteiger partial charge in [0.2, 0.25) is 0 Å². The monoisotopic (exact) mass is 660 g/mol. The van der Waals surface area contributed by atoms with Crippen LogP contribution in [0.5, 0.6) is 11.5 Å². The second kappa shape index (κ2) is 8.76. The normalized spacial score (nSPS) is 19.3. The lowest BCUT2D eigenvalue weighted by molar-refractivity contribution is 0.379. The van der Waals surface area contributed by atoms with Gasteiger partial charge in [0.15, 0.2) is 0 Å². The molecule has 6 heteroatoms. The molecular weight excluding hydrogens is 640 g/mol. The molecule has 0 fully saturated rings. The Morgan fingerprint density at radius 3 is 1.73 bits per heavy atom. The van der Waals surface area contributed by atoms with Crippen LogP contribution in [0.3, 0.4) is 0 Å². The van der Waals surface area contributed by atoms with E-state index in [0.29, 0.717) is 23.8 Å². The van der Waals surface area contributed by atoms with Gasteiger partial charge in [-0.05, 0) is 117 Å². The SMILES string of the molecule is CC(C)C1(c2cc(Br)c(O)c(Br)c2)C=CC(C(C)(C)c2cc(Br)c(O)c(Br)c2)=CC1. The number of aromatic hydroxyl groups is 2. The number of halogens is 4. The molecule has 1 aliphatic carbocycles. The lowest BCUT2D eigenvalue weighted by Crippen LogP contribution is -2.33. The first-order valence-electron chi connectivity index (χ1n) is 9.67. The highest BCUT2D eigenvalue weighted by Crippen LogP contribution is 2.48. The third-order valence-corrected chi connectivity index (χ3v) is 8.68. The van der Waals surface area contributed by atoms with Crippen molar-refractivity contribution in [3.63, 3.8) is 0 Å². The molecule has 3 rings (SSSR count). The maximum Gasteiger partial charge on any atom is 0.143 e. The number of benzene rings is 2. The second-order valence-electron chi connectivity index (χ2n) is 8.59. The van der Waals surface area contributed by atoms with Gasteiger partial charge >= 0.3 is 0 Å². The molecule has 0 aromatic heterocycles. The lowest BCUT2D eigenvalue weighted by atomic mass is 9.64. The van der Waals surface area contributed by atoms with Crippen LogP contribution in [0.4, 0.5) is 0 Å². The molecule has 1 aliphatic rings. The zero-order valence-electron chi connectivity index (χ0n) is 17.2. The molecule has 0 saturated heterocycles. The van der Waals surface area contributed by atoms with Gasteiger partial charge in [-0.15, -0.1) is 0 Å². The molecule has 160 valence electrons. The Labute approximate surface area is 212 Å². The minimum Gasteiger partial charge on any atom is -0.506 e. The summed E-state index contributed by atoms with van der Waals surface area (Å²) in [6.45, 7) is 8.86. The summed E-state index contributed by atoms with van der Waals surface area (Å²) in [5.74, 6) is 0.804. The van der Waals surface area contributed by atoms with Crippen molar-refractivity contribution < 1.29 is 10.2 Å². The van der Waals surface area contributed by atoms with Crippen molar-refractivity contribution in [2.45, 2.75) is 44.9 Å².